The van der Waals surface area contributed by atoms with Gasteiger partial charge in [-0.2, -0.15) is 0 Å². The van der Waals surface area contributed by atoms with Crippen molar-refractivity contribution in [1.29, 1.82) is 0 Å². The van der Waals surface area contributed by atoms with Crippen LogP contribution < -0.4 is 10.1 Å². The van der Waals surface area contributed by atoms with Gasteiger partial charge in [-0.05, 0) is 35.9 Å². The zero-order valence-electron chi connectivity index (χ0n) is 18.5. The monoisotopic (exact) mass is 481 g/mol. The average Bonchev–Trinajstić information content (AvgIpc) is 2.85. The molecule has 0 bridgehead atoms. The quantitative estimate of drug-likeness (QED) is 0.501. The maximum Gasteiger partial charge on any atom is 0.255 e. The Balaban J connectivity index is 1.48. The third-order valence-electron chi connectivity index (χ3n) is 5.63. The van der Waals surface area contributed by atoms with Gasteiger partial charge in [-0.15, -0.1) is 0 Å². The van der Waals surface area contributed by atoms with Crippen LogP contribution in [-0.4, -0.2) is 53.2 Å². The van der Waals surface area contributed by atoms with Crippen molar-refractivity contribution < 1.29 is 24.2 Å². The van der Waals surface area contributed by atoms with Crippen LogP contribution >= 0.6 is 11.6 Å². The number of pyridine rings is 1. The molecule has 34 heavy (non-hydrogen) atoms. The summed E-state index contributed by atoms with van der Waals surface area (Å²) >= 11 is 5.85. The van der Waals surface area contributed by atoms with Crippen LogP contribution in [-0.2, 0) is 16.1 Å². The highest BCUT2D eigenvalue weighted by molar-refractivity contribution is 6.29. The van der Waals surface area contributed by atoms with Crippen LogP contribution in [0.1, 0.15) is 27.6 Å². The Hall–Kier alpha value is -3.46. The van der Waals surface area contributed by atoms with Crippen LogP contribution in [0.3, 0.4) is 0 Å². The Morgan fingerprint density at radius 1 is 1.26 bits per heavy atom. The van der Waals surface area contributed by atoms with E-state index < -0.39 is 12.1 Å². The van der Waals surface area contributed by atoms with E-state index in [0.29, 0.717) is 22.6 Å². The lowest BCUT2D eigenvalue weighted by molar-refractivity contribution is -0.155. The van der Waals surface area contributed by atoms with Crippen molar-refractivity contribution in [2.75, 3.05) is 25.6 Å². The second-order valence-electron chi connectivity index (χ2n) is 7.80. The first-order valence-electron chi connectivity index (χ1n) is 10.7. The van der Waals surface area contributed by atoms with Crippen LogP contribution in [0.2, 0.25) is 5.15 Å². The SMILES string of the molecule is COc1ccccc1CN1C(=O)COCC1C(O)c1ccc(NC(=O)c2ccnc(Cl)c2)cc1. The molecular weight excluding hydrogens is 458 g/mol. The van der Waals surface area contributed by atoms with Gasteiger partial charge in [-0.1, -0.05) is 41.9 Å². The van der Waals surface area contributed by atoms with Crippen molar-refractivity contribution in [3.63, 3.8) is 0 Å². The van der Waals surface area contributed by atoms with Crippen LogP contribution in [0.4, 0.5) is 5.69 Å². The Kier molecular flexibility index (Phi) is 7.42. The number of hydrogen-bond acceptors (Lipinski definition) is 6. The number of methoxy groups -OCH3 is 1. The molecule has 9 heteroatoms. The molecule has 0 saturated carbocycles. The predicted molar refractivity (Wildman–Crippen MR) is 127 cm³/mol. The fourth-order valence-electron chi connectivity index (χ4n) is 3.84. The maximum atomic E-state index is 12.7. The molecule has 176 valence electrons. The van der Waals surface area contributed by atoms with Crippen molar-refractivity contribution in [3.05, 3.63) is 88.7 Å². The molecule has 1 fully saturated rings. The van der Waals surface area contributed by atoms with Gasteiger partial charge in [0.15, 0.2) is 0 Å². The molecular formula is C25H24ClN3O5. The van der Waals surface area contributed by atoms with E-state index in [1.165, 1.54) is 12.3 Å². The molecule has 2 heterocycles. The minimum atomic E-state index is -0.984. The minimum absolute atomic E-state index is 0.0393. The van der Waals surface area contributed by atoms with Crippen molar-refractivity contribution in [2.24, 2.45) is 0 Å². The molecule has 0 spiro atoms. The molecule has 1 saturated heterocycles. The van der Waals surface area contributed by atoms with Crippen LogP contribution in [0.5, 0.6) is 5.75 Å². The Bertz CT molecular complexity index is 1170. The Labute approximate surface area is 202 Å². The van der Waals surface area contributed by atoms with Crippen molar-refractivity contribution in [3.8, 4) is 5.75 Å². The van der Waals surface area contributed by atoms with Gasteiger partial charge in [0.05, 0.1) is 19.8 Å². The lowest BCUT2D eigenvalue weighted by atomic mass is 9.99. The number of amides is 2. The number of carbonyl (C=O) groups is 2. The van der Waals surface area contributed by atoms with Crippen molar-refractivity contribution >= 4 is 29.1 Å². The standard InChI is InChI=1S/C25H24ClN3O5/c1-33-21-5-3-2-4-18(21)13-29-20(14-34-15-23(29)30)24(31)16-6-8-19(9-7-16)28-25(32)17-10-11-27-22(26)12-17/h2-12,20,24,31H,13-15H2,1H3,(H,28,32). The van der Waals surface area contributed by atoms with Crippen LogP contribution in [0, 0.1) is 0 Å². The maximum absolute atomic E-state index is 12.7. The summed E-state index contributed by atoms with van der Waals surface area (Å²) in [5, 5.41) is 14.1. The average molecular weight is 482 g/mol. The summed E-state index contributed by atoms with van der Waals surface area (Å²) in [5.74, 6) is 0.138. The van der Waals surface area contributed by atoms with E-state index in [1.807, 2.05) is 24.3 Å². The van der Waals surface area contributed by atoms with Crippen LogP contribution in [0.25, 0.3) is 0 Å². The first-order chi connectivity index (χ1) is 16.5. The van der Waals surface area contributed by atoms with Gasteiger partial charge >= 0.3 is 0 Å². The fourth-order valence-corrected chi connectivity index (χ4v) is 4.02. The number of ether oxygens (including phenoxy) is 2. The van der Waals surface area contributed by atoms with Gasteiger partial charge in [0.1, 0.15) is 23.6 Å². The number of halogens is 1. The van der Waals surface area contributed by atoms with Crippen molar-refractivity contribution in [2.45, 2.75) is 18.7 Å². The molecule has 1 aromatic heterocycles. The Morgan fingerprint density at radius 2 is 2.03 bits per heavy atom. The zero-order chi connectivity index (χ0) is 24.1. The number of rotatable bonds is 7. The normalized spacial score (nSPS) is 16.7. The number of benzene rings is 2. The second-order valence-corrected chi connectivity index (χ2v) is 8.19. The summed E-state index contributed by atoms with van der Waals surface area (Å²) in [7, 11) is 1.58. The molecule has 2 amide bonds. The largest absolute Gasteiger partial charge is 0.496 e. The summed E-state index contributed by atoms with van der Waals surface area (Å²) in [6, 6.07) is 16.7. The smallest absolute Gasteiger partial charge is 0.255 e. The lowest BCUT2D eigenvalue weighted by Gasteiger charge is -2.38. The van der Waals surface area contributed by atoms with Gasteiger partial charge in [0.25, 0.3) is 5.91 Å². The second kappa shape index (κ2) is 10.6. The van der Waals surface area contributed by atoms with E-state index in [-0.39, 0.29) is 36.7 Å². The summed E-state index contributed by atoms with van der Waals surface area (Å²) < 4.78 is 10.8. The minimum Gasteiger partial charge on any atom is -0.496 e. The predicted octanol–water partition coefficient (Wildman–Crippen LogP) is 3.46. The lowest BCUT2D eigenvalue weighted by Crippen LogP contribution is -2.51. The molecule has 2 unspecified atom stereocenters. The van der Waals surface area contributed by atoms with Crippen molar-refractivity contribution in [1.82, 2.24) is 9.88 Å². The number of aromatic nitrogens is 1. The topological polar surface area (TPSA) is 101 Å². The van der Waals surface area contributed by atoms with Gasteiger partial charge in [0, 0.05) is 29.6 Å². The molecule has 2 atom stereocenters. The van der Waals surface area contributed by atoms with Gasteiger partial charge < -0.3 is 24.8 Å². The third-order valence-corrected chi connectivity index (χ3v) is 5.84. The summed E-state index contributed by atoms with van der Waals surface area (Å²) in [6.07, 6.45) is 0.476. The number of nitrogens with one attached hydrogen (secondary N) is 1. The number of anilines is 1. The first kappa shape index (κ1) is 23.7. The van der Waals surface area contributed by atoms with Crippen LogP contribution in [0.15, 0.2) is 66.9 Å². The van der Waals surface area contributed by atoms with Gasteiger partial charge in [-0.25, -0.2) is 4.98 Å². The van der Waals surface area contributed by atoms with Gasteiger partial charge in [0.2, 0.25) is 5.91 Å². The zero-order valence-corrected chi connectivity index (χ0v) is 19.2. The van der Waals surface area contributed by atoms with E-state index in [4.69, 9.17) is 21.1 Å². The molecule has 0 radical (unpaired) electrons. The van der Waals surface area contributed by atoms with E-state index in [9.17, 15) is 14.7 Å². The Morgan fingerprint density at radius 3 is 2.76 bits per heavy atom. The number of aliphatic hydroxyl groups is 1. The highest BCUT2D eigenvalue weighted by Gasteiger charge is 2.35. The van der Waals surface area contributed by atoms with E-state index >= 15 is 0 Å². The number of aliphatic hydroxyl groups excluding tert-OH is 1. The first-order valence-corrected chi connectivity index (χ1v) is 11.0. The number of para-hydroxylation sites is 1. The molecule has 0 aliphatic carbocycles. The highest BCUT2D eigenvalue weighted by atomic mass is 35.5. The summed E-state index contributed by atoms with van der Waals surface area (Å²) in [5.41, 5.74) is 2.37. The molecule has 2 aromatic carbocycles. The van der Waals surface area contributed by atoms with Gasteiger partial charge in [-0.3, -0.25) is 9.59 Å². The highest BCUT2D eigenvalue weighted by Crippen LogP contribution is 2.29. The number of morpholine rings is 1. The van der Waals surface area contributed by atoms with E-state index in [0.717, 1.165) is 5.56 Å². The fraction of sp³-hybridized carbons (Fsp3) is 0.240. The number of carbonyl (C=O) groups excluding carboxylic acids is 2. The number of nitrogens with zero attached hydrogens (tertiary/aromatic N) is 2. The third kappa shape index (κ3) is 5.36. The van der Waals surface area contributed by atoms with E-state index in [2.05, 4.69) is 10.3 Å². The molecule has 3 aromatic rings. The molecule has 8 nitrogen and oxygen atoms in total. The number of hydrogen-bond donors (Lipinski definition) is 2. The summed E-state index contributed by atoms with van der Waals surface area (Å²) in [6.45, 7) is 0.447. The summed E-state index contributed by atoms with van der Waals surface area (Å²) in [4.78, 5) is 30.6. The molecule has 4 rings (SSSR count). The molecule has 2 N–H and O–H groups in total. The van der Waals surface area contributed by atoms with E-state index in [1.54, 1.807) is 42.3 Å². The molecule has 1 aliphatic heterocycles. The molecule has 1 aliphatic rings.